The maximum atomic E-state index is 6.48. The molecule has 0 heterocycles. The molecular weight excluding hydrogens is 194 g/mol. The molecule has 14 heavy (non-hydrogen) atoms. The standard InChI is InChI=1S/C12H21N.ClH/c1-2-11-4-9-3-10(5-11)7-12(13,6-9)8-11;/h9-10H,2-8,13H2,1H3;1H/p-1. The lowest BCUT2D eigenvalue weighted by Gasteiger charge is -2.61. The van der Waals surface area contributed by atoms with E-state index in [9.17, 15) is 0 Å². The third-order valence-electron chi connectivity index (χ3n) is 4.98. The van der Waals surface area contributed by atoms with E-state index in [2.05, 4.69) is 6.92 Å². The third kappa shape index (κ3) is 1.40. The normalized spacial score (nSPS) is 54.4. The van der Waals surface area contributed by atoms with Crippen LogP contribution in [-0.2, 0) is 0 Å². The summed E-state index contributed by atoms with van der Waals surface area (Å²) in [6, 6.07) is 0. The predicted octanol–water partition coefficient (Wildman–Crippen LogP) is -0.302. The molecule has 2 atom stereocenters. The fourth-order valence-corrected chi connectivity index (χ4v) is 4.94. The Kier molecular flexibility index (Phi) is 2.40. The van der Waals surface area contributed by atoms with Gasteiger partial charge in [-0.15, -0.1) is 0 Å². The molecule has 0 aromatic rings. The molecule has 0 saturated heterocycles. The van der Waals surface area contributed by atoms with Crippen molar-refractivity contribution in [2.75, 3.05) is 0 Å². The maximum absolute atomic E-state index is 6.48. The zero-order valence-corrected chi connectivity index (χ0v) is 9.82. The fraction of sp³-hybridized carbons (Fsp3) is 1.00. The first-order chi connectivity index (χ1) is 6.13. The highest BCUT2D eigenvalue weighted by Gasteiger charge is 2.55. The molecule has 0 aliphatic heterocycles. The van der Waals surface area contributed by atoms with Crippen molar-refractivity contribution >= 4 is 0 Å². The van der Waals surface area contributed by atoms with Gasteiger partial charge in [0.1, 0.15) is 0 Å². The zero-order valence-electron chi connectivity index (χ0n) is 9.06. The number of hydrogen-bond donors (Lipinski definition) is 1. The van der Waals surface area contributed by atoms with Crippen molar-refractivity contribution in [1.82, 2.24) is 0 Å². The van der Waals surface area contributed by atoms with Crippen molar-refractivity contribution in [2.45, 2.75) is 57.4 Å². The minimum absolute atomic E-state index is 0. The van der Waals surface area contributed by atoms with Crippen LogP contribution in [0.1, 0.15) is 51.9 Å². The molecule has 4 aliphatic rings. The minimum Gasteiger partial charge on any atom is -1.00 e. The molecule has 0 aromatic carbocycles. The summed E-state index contributed by atoms with van der Waals surface area (Å²) in [6.07, 6.45) is 9.89. The van der Waals surface area contributed by atoms with Crippen LogP contribution in [0.25, 0.3) is 0 Å². The summed E-state index contributed by atoms with van der Waals surface area (Å²) in [5, 5.41) is 0. The van der Waals surface area contributed by atoms with Crippen LogP contribution in [0, 0.1) is 17.3 Å². The van der Waals surface area contributed by atoms with E-state index in [4.69, 9.17) is 5.73 Å². The van der Waals surface area contributed by atoms with Gasteiger partial charge in [0.25, 0.3) is 0 Å². The van der Waals surface area contributed by atoms with Gasteiger partial charge >= 0.3 is 0 Å². The van der Waals surface area contributed by atoms with Gasteiger partial charge in [0, 0.05) is 5.54 Å². The van der Waals surface area contributed by atoms with E-state index in [-0.39, 0.29) is 17.9 Å². The molecule has 0 radical (unpaired) electrons. The highest BCUT2D eigenvalue weighted by atomic mass is 35.5. The number of hydrogen-bond acceptors (Lipinski definition) is 1. The average molecular weight is 215 g/mol. The molecule has 4 saturated carbocycles. The summed E-state index contributed by atoms with van der Waals surface area (Å²) >= 11 is 0. The number of halogens is 1. The first kappa shape index (κ1) is 10.8. The van der Waals surface area contributed by atoms with Gasteiger partial charge in [0.15, 0.2) is 0 Å². The first-order valence-corrected chi connectivity index (χ1v) is 5.92. The second kappa shape index (κ2) is 3.12. The third-order valence-corrected chi connectivity index (χ3v) is 4.98. The summed E-state index contributed by atoms with van der Waals surface area (Å²) < 4.78 is 0. The van der Waals surface area contributed by atoms with Crippen LogP contribution < -0.4 is 18.1 Å². The lowest BCUT2D eigenvalue weighted by atomic mass is 9.46. The topological polar surface area (TPSA) is 26.0 Å². The highest BCUT2D eigenvalue weighted by molar-refractivity contribution is 5.09. The van der Waals surface area contributed by atoms with Gasteiger partial charge in [0.05, 0.1) is 0 Å². The van der Waals surface area contributed by atoms with Crippen LogP contribution in [0.3, 0.4) is 0 Å². The quantitative estimate of drug-likeness (QED) is 0.638. The van der Waals surface area contributed by atoms with E-state index in [1.807, 2.05) is 0 Å². The summed E-state index contributed by atoms with van der Waals surface area (Å²) in [7, 11) is 0. The molecule has 4 fully saturated rings. The van der Waals surface area contributed by atoms with E-state index in [0.717, 1.165) is 11.8 Å². The lowest BCUT2D eigenvalue weighted by molar-refractivity contribution is -0.0687. The van der Waals surface area contributed by atoms with Crippen molar-refractivity contribution in [3.05, 3.63) is 0 Å². The molecule has 2 unspecified atom stereocenters. The molecule has 82 valence electrons. The Hall–Kier alpha value is 0.250. The second-order valence-electron chi connectivity index (χ2n) is 6.18. The molecule has 0 aromatic heterocycles. The van der Waals surface area contributed by atoms with Crippen LogP contribution in [0.15, 0.2) is 0 Å². The van der Waals surface area contributed by atoms with E-state index < -0.39 is 0 Å². The van der Waals surface area contributed by atoms with Gasteiger partial charge in [-0.05, 0) is 55.8 Å². The van der Waals surface area contributed by atoms with Gasteiger partial charge < -0.3 is 18.1 Å². The van der Waals surface area contributed by atoms with Crippen molar-refractivity contribution < 1.29 is 12.4 Å². The molecular formula is C12H21ClN-. The number of rotatable bonds is 1. The van der Waals surface area contributed by atoms with Crippen LogP contribution in [0.2, 0.25) is 0 Å². The summed E-state index contributed by atoms with van der Waals surface area (Å²) in [6.45, 7) is 2.37. The summed E-state index contributed by atoms with van der Waals surface area (Å²) in [5.74, 6) is 1.98. The number of nitrogens with two attached hydrogens (primary N) is 1. The van der Waals surface area contributed by atoms with Gasteiger partial charge in [-0.1, -0.05) is 13.3 Å². The molecule has 2 N–H and O–H groups in total. The molecule has 4 bridgehead atoms. The SMILES string of the molecule is CCC12CC3CC(CC(N)(C3)C1)C2.[Cl-]. The molecule has 4 aliphatic carbocycles. The second-order valence-corrected chi connectivity index (χ2v) is 6.18. The molecule has 4 rings (SSSR count). The zero-order chi connectivity index (χ0) is 9.10. The van der Waals surface area contributed by atoms with Gasteiger partial charge in [-0.3, -0.25) is 0 Å². The Bertz CT molecular complexity index is 224. The molecule has 0 spiro atoms. The molecule has 1 nitrogen and oxygen atoms in total. The van der Waals surface area contributed by atoms with Gasteiger partial charge in [-0.2, -0.15) is 0 Å². The Morgan fingerprint density at radius 3 is 2.14 bits per heavy atom. The van der Waals surface area contributed by atoms with Gasteiger partial charge in [-0.25, -0.2) is 0 Å². The van der Waals surface area contributed by atoms with Crippen molar-refractivity contribution in [3.63, 3.8) is 0 Å². The van der Waals surface area contributed by atoms with Crippen LogP contribution in [0.5, 0.6) is 0 Å². The summed E-state index contributed by atoms with van der Waals surface area (Å²) in [4.78, 5) is 0. The van der Waals surface area contributed by atoms with Crippen molar-refractivity contribution in [1.29, 1.82) is 0 Å². The Morgan fingerprint density at radius 2 is 1.71 bits per heavy atom. The van der Waals surface area contributed by atoms with E-state index in [0.29, 0.717) is 5.41 Å². The van der Waals surface area contributed by atoms with E-state index >= 15 is 0 Å². The average Bonchev–Trinajstić information content (AvgIpc) is 1.99. The fourth-order valence-electron chi connectivity index (χ4n) is 4.94. The van der Waals surface area contributed by atoms with Crippen LogP contribution >= 0.6 is 0 Å². The first-order valence-electron chi connectivity index (χ1n) is 5.92. The minimum atomic E-state index is 0. The predicted molar refractivity (Wildman–Crippen MR) is 54.3 cm³/mol. The monoisotopic (exact) mass is 214 g/mol. The lowest BCUT2D eigenvalue weighted by Crippen LogP contribution is -3.00. The smallest absolute Gasteiger partial charge is 0.0164 e. The van der Waals surface area contributed by atoms with Crippen LogP contribution in [0.4, 0.5) is 0 Å². The van der Waals surface area contributed by atoms with E-state index in [1.165, 1.54) is 44.9 Å². The summed E-state index contributed by atoms with van der Waals surface area (Å²) in [5.41, 5.74) is 7.42. The van der Waals surface area contributed by atoms with E-state index in [1.54, 1.807) is 0 Å². The largest absolute Gasteiger partial charge is 1.00 e. The van der Waals surface area contributed by atoms with Crippen molar-refractivity contribution in [3.8, 4) is 0 Å². The maximum Gasteiger partial charge on any atom is 0.0164 e. The van der Waals surface area contributed by atoms with Crippen molar-refractivity contribution in [2.24, 2.45) is 23.0 Å². The molecule has 2 heteroatoms. The Labute approximate surface area is 93.2 Å². The Balaban J connectivity index is 0.000000750. The van der Waals surface area contributed by atoms with Gasteiger partial charge in [0.2, 0.25) is 0 Å². The van der Waals surface area contributed by atoms with Crippen LogP contribution in [-0.4, -0.2) is 5.54 Å². The Morgan fingerprint density at radius 1 is 1.14 bits per heavy atom. The molecule has 0 amide bonds. The highest BCUT2D eigenvalue weighted by Crippen LogP contribution is 2.61.